The zero-order chi connectivity index (χ0) is 15.2. The summed E-state index contributed by atoms with van der Waals surface area (Å²) in [5.74, 6) is 0.733. The molecule has 3 heteroatoms. The monoisotopic (exact) mass is 287 g/mol. The highest BCUT2D eigenvalue weighted by atomic mass is 19.1. The van der Waals surface area contributed by atoms with Crippen LogP contribution in [0.25, 0.3) is 0 Å². The summed E-state index contributed by atoms with van der Waals surface area (Å²) in [5, 5.41) is 3.43. The molecule has 0 aliphatic rings. The van der Waals surface area contributed by atoms with E-state index >= 15 is 0 Å². The molecule has 0 saturated carbocycles. The fraction of sp³-hybridized carbons (Fsp3) is 0.333. The van der Waals surface area contributed by atoms with Crippen molar-refractivity contribution in [3.8, 4) is 5.75 Å². The van der Waals surface area contributed by atoms with Crippen LogP contribution in [-0.4, -0.2) is 12.6 Å². The minimum absolute atomic E-state index is 0.144. The first-order valence-corrected chi connectivity index (χ1v) is 7.33. The highest BCUT2D eigenvalue weighted by Crippen LogP contribution is 2.22. The van der Waals surface area contributed by atoms with Gasteiger partial charge in [0.15, 0.2) is 0 Å². The van der Waals surface area contributed by atoms with Gasteiger partial charge in [0.05, 0.1) is 6.61 Å². The normalized spacial score (nSPS) is 12.0. The van der Waals surface area contributed by atoms with Crippen LogP contribution in [0.3, 0.4) is 0 Å². The third kappa shape index (κ3) is 4.22. The lowest BCUT2D eigenvalue weighted by atomic mass is 10.1. The van der Waals surface area contributed by atoms with E-state index in [1.807, 2.05) is 44.2 Å². The molecule has 21 heavy (non-hydrogen) atoms. The van der Waals surface area contributed by atoms with E-state index in [1.165, 1.54) is 6.07 Å². The van der Waals surface area contributed by atoms with Crippen LogP contribution in [0.5, 0.6) is 5.75 Å². The molecule has 2 aromatic carbocycles. The van der Waals surface area contributed by atoms with Crippen LogP contribution in [0.15, 0.2) is 42.5 Å². The second kappa shape index (κ2) is 7.11. The van der Waals surface area contributed by atoms with E-state index in [2.05, 4.69) is 12.2 Å². The second-order valence-electron chi connectivity index (χ2n) is 5.25. The quantitative estimate of drug-likeness (QED) is 0.840. The van der Waals surface area contributed by atoms with Crippen molar-refractivity contribution in [3.63, 3.8) is 0 Å². The number of hydrogen-bond donors (Lipinski definition) is 1. The molecule has 1 N–H and O–H groups in total. The molecule has 1 unspecified atom stereocenters. The van der Waals surface area contributed by atoms with E-state index < -0.39 is 0 Å². The number of nitrogens with one attached hydrogen (secondary N) is 1. The average molecular weight is 287 g/mol. The van der Waals surface area contributed by atoms with Crippen LogP contribution in [0.4, 0.5) is 10.1 Å². The van der Waals surface area contributed by atoms with E-state index in [0.29, 0.717) is 13.0 Å². The number of ether oxygens (including phenoxy) is 1. The van der Waals surface area contributed by atoms with Crippen LogP contribution in [-0.2, 0) is 6.42 Å². The van der Waals surface area contributed by atoms with Gasteiger partial charge < -0.3 is 10.1 Å². The Balaban J connectivity index is 2.02. The second-order valence-corrected chi connectivity index (χ2v) is 5.25. The Morgan fingerprint density at radius 3 is 2.62 bits per heavy atom. The Hall–Kier alpha value is -2.03. The maximum Gasteiger partial charge on any atom is 0.126 e. The van der Waals surface area contributed by atoms with Crippen molar-refractivity contribution in [1.82, 2.24) is 0 Å². The number of anilines is 1. The van der Waals surface area contributed by atoms with Gasteiger partial charge in [0.25, 0.3) is 0 Å². The Kier molecular flexibility index (Phi) is 5.20. The van der Waals surface area contributed by atoms with Gasteiger partial charge in [0.2, 0.25) is 0 Å². The maximum atomic E-state index is 13.7. The minimum atomic E-state index is -0.144. The van der Waals surface area contributed by atoms with Crippen molar-refractivity contribution in [1.29, 1.82) is 0 Å². The van der Waals surface area contributed by atoms with Crippen molar-refractivity contribution in [3.05, 3.63) is 59.4 Å². The van der Waals surface area contributed by atoms with E-state index in [0.717, 1.165) is 22.6 Å². The van der Waals surface area contributed by atoms with Gasteiger partial charge in [0, 0.05) is 11.7 Å². The molecule has 0 aromatic heterocycles. The van der Waals surface area contributed by atoms with Gasteiger partial charge in [-0.3, -0.25) is 0 Å². The van der Waals surface area contributed by atoms with Crippen LogP contribution in [0.2, 0.25) is 0 Å². The topological polar surface area (TPSA) is 21.3 Å². The number of rotatable bonds is 6. The highest BCUT2D eigenvalue weighted by molar-refractivity contribution is 5.54. The molecule has 2 aromatic rings. The third-order valence-electron chi connectivity index (χ3n) is 3.39. The molecule has 0 aliphatic carbocycles. The van der Waals surface area contributed by atoms with Gasteiger partial charge in [-0.1, -0.05) is 18.2 Å². The summed E-state index contributed by atoms with van der Waals surface area (Å²) in [7, 11) is 0. The van der Waals surface area contributed by atoms with Crippen molar-refractivity contribution in [2.24, 2.45) is 0 Å². The van der Waals surface area contributed by atoms with Crippen molar-refractivity contribution in [2.45, 2.75) is 33.2 Å². The summed E-state index contributed by atoms with van der Waals surface area (Å²) in [6.45, 7) is 6.73. The van der Waals surface area contributed by atoms with Gasteiger partial charge in [-0.25, -0.2) is 4.39 Å². The first kappa shape index (κ1) is 15.4. The van der Waals surface area contributed by atoms with Crippen molar-refractivity contribution >= 4 is 5.69 Å². The van der Waals surface area contributed by atoms with Gasteiger partial charge >= 0.3 is 0 Å². The van der Waals surface area contributed by atoms with E-state index in [4.69, 9.17) is 4.74 Å². The summed E-state index contributed by atoms with van der Waals surface area (Å²) in [6, 6.07) is 13.1. The number of hydrogen-bond acceptors (Lipinski definition) is 2. The van der Waals surface area contributed by atoms with Crippen LogP contribution >= 0.6 is 0 Å². The fourth-order valence-corrected chi connectivity index (χ4v) is 2.36. The van der Waals surface area contributed by atoms with Gasteiger partial charge in [-0.15, -0.1) is 0 Å². The number of halogens is 1. The van der Waals surface area contributed by atoms with Gasteiger partial charge in [-0.2, -0.15) is 0 Å². The minimum Gasteiger partial charge on any atom is -0.494 e. The Morgan fingerprint density at radius 2 is 1.95 bits per heavy atom. The molecule has 0 bridgehead atoms. The summed E-state index contributed by atoms with van der Waals surface area (Å²) in [5.41, 5.74) is 2.92. The zero-order valence-corrected chi connectivity index (χ0v) is 12.8. The molecule has 0 saturated heterocycles. The standard InChI is InChI=1S/C18H22FNO/c1-4-21-16-9-10-18(13(2)11-16)20-14(3)12-15-7-5-6-8-17(15)19/h5-11,14,20H,4,12H2,1-3H3. The molecule has 0 spiro atoms. The maximum absolute atomic E-state index is 13.7. The zero-order valence-electron chi connectivity index (χ0n) is 12.8. The predicted octanol–water partition coefficient (Wildman–Crippen LogP) is 4.58. The lowest BCUT2D eigenvalue weighted by Gasteiger charge is -2.18. The lowest BCUT2D eigenvalue weighted by Crippen LogP contribution is -2.19. The Labute approximate surface area is 126 Å². The Bertz CT molecular complexity index is 598. The lowest BCUT2D eigenvalue weighted by molar-refractivity contribution is 0.340. The van der Waals surface area contributed by atoms with E-state index in [1.54, 1.807) is 6.07 Å². The van der Waals surface area contributed by atoms with Gasteiger partial charge in [0.1, 0.15) is 11.6 Å². The first-order valence-electron chi connectivity index (χ1n) is 7.33. The van der Waals surface area contributed by atoms with Gasteiger partial charge in [-0.05, 0) is 62.6 Å². The summed E-state index contributed by atoms with van der Waals surface area (Å²) in [4.78, 5) is 0. The largest absolute Gasteiger partial charge is 0.494 e. The summed E-state index contributed by atoms with van der Waals surface area (Å²) >= 11 is 0. The molecule has 1 atom stereocenters. The molecule has 0 heterocycles. The van der Waals surface area contributed by atoms with Crippen LogP contribution in [0, 0.1) is 12.7 Å². The molecule has 112 valence electrons. The van der Waals surface area contributed by atoms with Crippen molar-refractivity contribution < 1.29 is 9.13 Å². The summed E-state index contributed by atoms with van der Waals surface area (Å²) < 4.78 is 19.1. The molecule has 2 rings (SSSR count). The molecule has 2 nitrogen and oxygen atoms in total. The molecule has 0 fully saturated rings. The molecule has 0 radical (unpaired) electrons. The van der Waals surface area contributed by atoms with E-state index in [-0.39, 0.29) is 11.9 Å². The van der Waals surface area contributed by atoms with Crippen LogP contribution in [0.1, 0.15) is 25.0 Å². The SMILES string of the molecule is CCOc1ccc(NC(C)Cc2ccccc2F)c(C)c1. The smallest absolute Gasteiger partial charge is 0.126 e. The molecule has 0 aliphatic heterocycles. The number of aryl methyl sites for hydroxylation is 1. The highest BCUT2D eigenvalue weighted by Gasteiger charge is 2.09. The molecular weight excluding hydrogens is 265 g/mol. The summed E-state index contributed by atoms with van der Waals surface area (Å²) in [6.07, 6.45) is 0.652. The van der Waals surface area contributed by atoms with Crippen LogP contribution < -0.4 is 10.1 Å². The first-order chi connectivity index (χ1) is 10.1. The number of benzene rings is 2. The molecular formula is C18H22FNO. The Morgan fingerprint density at radius 1 is 1.19 bits per heavy atom. The van der Waals surface area contributed by atoms with E-state index in [9.17, 15) is 4.39 Å². The van der Waals surface area contributed by atoms with Crippen molar-refractivity contribution in [2.75, 3.05) is 11.9 Å². The fourth-order valence-electron chi connectivity index (χ4n) is 2.36. The predicted molar refractivity (Wildman–Crippen MR) is 85.5 cm³/mol. The third-order valence-corrected chi connectivity index (χ3v) is 3.39. The average Bonchev–Trinajstić information content (AvgIpc) is 2.45. The molecule has 0 amide bonds.